The van der Waals surface area contributed by atoms with Gasteiger partial charge in [0, 0.05) is 22.8 Å². The van der Waals surface area contributed by atoms with Crippen molar-refractivity contribution in [3.63, 3.8) is 0 Å². The molecule has 12 heteroatoms. The highest BCUT2D eigenvalue weighted by Crippen LogP contribution is 2.50. The van der Waals surface area contributed by atoms with Crippen LogP contribution in [0.4, 0.5) is 26.3 Å². The van der Waals surface area contributed by atoms with Gasteiger partial charge in [-0.15, -0.1) is 22.7 Å². The van der Waals surface area contributed by atoms with Crippen molar-refractivity contribution in [1.82, 2.24) is 9.80 Å². The molecule has 0 N–H and O–H groups in total. The number of aryl methyl sites for hydroxylation is 2. The van der Waals surface area contributed by atoms with Crippen molar-refractivity contribution in [2.24, 2.45) is 0 Å². The lowest BCUT2D eigenvalue weighted by Crippen LogP contribution is -2.30. The van der Waals surface area contributed by atoms with E-state index in [-0.39, 0.29) is 33.9 Å². The molecule has 2 amide bonds. The molecule has 2 aliphatic rings. The minimum atomic E-state index is -5.01. The fourth-order valence-corrected chi connectivity index (χ4v) is 11.4. The Morgan fingerprint density at radius 2 is 0.742 bits per heavy atom. The van der Waals surface area contributed by atoms with Gasteiger partial charge in [-0.1, -0.05) is 159 Å². The summed E-state index contributed by atoms with van der Waals surface area (Å²) in [4.78, 5) is 35.9. The highest BCUT2D eigenvalue weighted by molar-refractivity contribution is 7.17. The third kappa shape index (κ3) is 13.1. The Labute approximate surface area is 396 Å². The Morgan fingerprint density at radius 3 is 1.09 bits per heavy atom. The number of hydrogen-bond donors (Lipinski definition) is 0. The van der Waals surface area contributed by atoms with Crippen LogP contribution < -0.4 is 0 Å². The monoisotopic (exact) mass is 952 g/mol. The number of fused-ring (bicyclic) bond motifs is 1. The maximum atomic E-state index is 15.0. The molecular weight excluding hydrogens is 887 g/mol. The van der Waals surface area contributed by atoms with Crippen molar-refractivity contribution in [3.05, 3.63) is 104 Å². The highest BCUT2D eigenvalue weighted by Gasteiger charge is 2.49. The first-order valence-corrected chi connectivity index (χ1v) is 26.0. The fourth-order valence-electron chi connectivity index (χ4n) is 9.30. The van der Waals surface area contributed by atoms with Gasteiger partial charge in [0.1, 0.15) is 0 Å². The lowest BCUT2D eigenvalue weighted by Gasteiger charge is -2.24. The maximum absolute atomic E-state index is 15.0. The van der Waals surface area contributed by atoms with Gasteiger partial charge in [-0.2, -0.15) is 26.3 Å². The largest absolute Gasteiger partial charge is 0.416 e. The smallest absolute Gasteiger partial charge is 0.306 e. The fraction of sp³-hybridized carbons (Fsp3) is 0.519. The summed E-state index contributed by atoms with van der Waals surface area (Å²) in [7, 11) is 0. The standard InChI is InChI=1S/C54H66F6N2O2S2/c1-5-7-9-11-13-15-17-19-21-23-29-61-49(45-27-25-43(65-45)39-32-37(3)31-38(4)33-39)47-48(52(61)64)50(62(51(47)63)30-24-22-20-18-16-14-12-10-8-6-2)46-28-26-44(66-46)40-34-41(53(55,56)57)36-42(35-40)54(58,59)60/h25-28,31-36H,5-24,29-30H2,1-4H3. The highest BCUT2D eigenvalue weighted by atomic mass is 32.1. The minimum absolute atomic E-state index is 0.127. The molecule has 4 heterocycles. The third-order valence-electron chi connectivity index (χ3n) is 12.7. The van der Waals surface area contributed by atoms with Crippen molar-refractivity contribution in [2.75, 3.05) is 13.1 Å². The Bertz CT molecular complexity index is 2280. The Balaban J connectivity index is 1.36. The summed E-state index contributed by atoms with van der Waals surface area (Å²) in [6, 6.07) is 15.1. The van der Waals surface area contributed by atoms with Crippen LogP contribution in [0.15, 0.2) is 71.8 Å². The maximum Gasteiger partial charge on any atom is 0.416 e. The number of amides is 2. The number of carbonyl (C=O) groups excluding carboxylic acids is 2. The zero-order valence-corrected chi connectivity index (χ0v) is 40.8. The number of unbranched alkanes of at least 4 members (excludes halogenated alkanes) is 18. The van der Waals surface area contributed by atoms with Crippen molar-refractivity contribution in [3.8, 4) is 20.9 Å². The molecule has 2 aliphatic heterocycles. The average Bonchev–Trinajstić information content (AvgIpc) is 4.06. The van der Waals surface area contributed by atoms with E-state index in [1.165, 1.54) is 88.0 Å². The Morgan fingerprint density at radius 1 is 0.424 bits per heavy atom. The van der Waals surface area contributed by atoms with E-state index in [1.54, 1.807) is 15.9 Å². The van der Waals surface area contributed by atoms with E-state index in [0.717, 1.165) is 101 Å². The molecule has 0 bridgehead atoms. The minimum Gasteiger partial charge on any atom is -0.306 e. The van der Waals surface area contributed by atoms with Crippen molar-refractivity contribution in [1.29, 1.82) is 0 Å². The summed E-state index contributed by atoms with van der Waals surface area (Å²) in [5.41, 5.74) is 1.78. The second kappa shape index (κ2) is 23.7. The molecule has 4 nitrogen and oxygen atoms in total. The molecule has 0 spiro atoms. The second-order valence-electron chi connectivity index (χ2n) is 18.2. The van der Waals surface area contributed by atoms with Gasteiger partial charge in [-0.05, 0) is 80.3 Å². The molecule has 66 heavy (non-hydrogen) atoms. The number of alkyl halides is 6. The number of nitrogens with zero attached hydrogens (tertiary/aromatic N) is 2. The molecule has 0 fully saturated rings. The van der Waals surface area contributed by atoms with E-state index in [1.807, 2.05) is 12.1 Å². The number of halogens is 6. The summed E-state index contributed by atoms with van der Waals surface area (Å²) in [6.45, 7) is 9.26. The van der Waals surface area contributed by atoms with Crippen LogP contribution in [-0.4, -0.2) is 34.7 Å². The van der Waals surface area contributed by atoms with Crippen LogP contribution in [0.1, 0.15) is 174 Å². The van der Waals surface area contributed by atoms with Crippen LogP contribution in [0, 0.1) is 13.8 Å². The van der Waals surface area contributed by atoms with E-state index in [9.17, 15) is 26.3 Å². The second-order valence-corrected chi connectivity index (χ2v) is 20.4. The molecule has 0 saturated heterocycles. The normalized spacial score (nSPS) is 14.5. The van der Waals surface area contributed by atoms with E-state index in [0.29, 0.717) is 41.4 Å². The number of carbonyl (C=O) groups is 2. The average molecular weight is 953 g/mol. The molecule has 0 atom stereocenters. The summed E-state index contributed by atoms with van der Waals surface area (Å²) >= 11 is 2.53. The van der Waals surface area contributed by atoms with Gasteiger partial charge in [0.25, 0.3) is 11.8 Å². The van der Waals surface area contributed by atoms with Crippen molar-refractivity contribution >= 4 is 45.9 Å². The van der Waals surface area contributed by atoms with Crippen LogP contribution >= 0.6 is 22.7 Å². The molecule has 0 saturated carbocycles. The van der Waals surface area contributed by atoms with Crippen LogP contribution in [0.3, 0.4) is 0 Å². The van der Waals surface area contributed by atoms with E-state index in [2.05, 4.69) is 45.9 Å². The third-order valence-corrected chi connectivity index (χ3v) is 15.0. The zero-order valence-electron chi connectivity index (χ0n) is 39.1. The first-order chi connectivity index (χ1) is 31.6. The first-order valence-electron chi connectivity index (χ1n) is 24.3. The summed E-state index contributed by atoms with van der Waals surface area (Å²) < 4.78 is 83.8. The van der Waals surface area contributed by atoms with E-state index in [4.69, 9.17) is 0 Å². The lowest BCUT2D eigenvalue weighted by molar-refractivity contribution is -0.143. The number of rotatable bonds is 26. The van der Waals surface area contributed by atoms with Gasteiger partial charge < -0.3 is 9.80 Å². The molecule has 4 aromatic rings. The van der Waals surface area contributed by atoms with Crippen LogP contribution in [-0.2, 0) is 21.9 Å². The molecule has 358 valence electrons. The van der Waals surface area contributed by atoms with Gasteiger partial charge in [0.2, 0.25) is 0 Å². The van der Waals surface area contributed by atoms with Crippen molar-refractivity contribution < 1.29 is 35.9 Å². The zero-order chi connectivity index (χ0) is 47.4. The lowest BCUT2D eigenvalue weighted by atomic mass is 10.0. The molecule has 2 aromatic heterocycles. The van der Waals surface area contributed by atoms with E-state index < -0.39 is 23.5 Å². The Hall–Kier alpha value is -4.16. The van der Waals surface area contributed by atoms with E-state index >= 15 is 9.59 Å². The topological polar surface area (TPSA) is 40.6 Å². The van der Waals surface area contributed by atoms with Gasteiger partial charge >= 0.3 is 12.4 Å². The predicted octanol–water partition coefficient (Wildman–Crippen LogP) is 17.4. The molecular formula is C54H66F6N2O2S2. The van der Waals surface area contributed by atoms with Crippen LogP contribution in [0.25, 0.3) is 32.3 Å². The quantitative estimate of drug-likeness (QED) is 0.0465. The number of thiophene rings is 2. The molecule has 0 aliphatic carbocycles. The van der Waals surface area contributed by atoms with Gasteiger partial charge in [-0.25, -0.2) is 0 Å². The van der Waals surface area contributed by atoms with Gasteiger partial charge in [0.15, 0.2) is 0 Å². The first kappa shape index (κ1) is 51.2. The molecule has 2 aromatic carbocycles. The van der Waals surface area contributed by atoms with Crippen LogP contribution in [0.5, 0.6) is 0 Å². The summed E-state index contributed by atoms with van der Waals surface area (Å²) in [6.07, 6.45) is 12.1. The van der Waals surface area contributed by atoms with Gasteiger partial charge in [0.05, 0.1) is 43.4 Å². The molecule has 6 rings (SSSR count). The molecule has 0 unspecified atom stereocenters. The van der Waals surface area contributed by atoms with Crippen LogP contribution in [0.2, 0.25) is 0 Å². The number of benzene rings is 2. The van der Waals surface area contributed by atoms with Crippen molar-refractivity contribution in [2.45, 2.75) is 168 Å². The molecule has 0 radical (unpaired) electrons. The number of hydrogen-bond acceptors (Lipinski definition) is 4. The summed E-state index contributed by atoms with van der Waals surface area (Å²) in [5, 5.41) is 0. The van der Waals surface area contributed by atoms with Gasteiger partial charge in [-0.3, -0.25) is 9.59 Å². The summed E-state index contributed by atoms with van der Waals surface area (Å²) in [5.74, 6) is -0.612. The predicted molar refractivity (Wildman–Crippen MR) is 260 cm³/mol. The SMILES string of the molecule is CCCCCCCCCCCCN1C(=O)C2=C(c3ccc(-c4cc(C(F)(F)F)cc(C(F)(F)F)c4)s3)N(CCCCCCCCCCCC)C(=O)C2=C1c1ccc(-c2cc(C)cc(C)c2)s1. The Kier molecular flexibility index (Phi) is 18.4.